The second kappa shape index (κ2) is 8.82. The van der Waals surface area contributed by atoms with Gasteiger partial charge in [-0.3, -0.25) is 0 Å². The van der Waals surface area contributed by atoms with E-state index in [-0.39, 0.29) is 10.8 Å². The van der Waals surface area contributed by atoms with Crippen LogP contribution in [0.15, 0.2) is 36.9 Å². The average Bonchev–Trinajstić information content (AvgIpc) is 3.45. The molecule has 1 saturated carbocycles. The zero-order valence-corrected chi connectivity index (χ0v) is 22.0. The summed E-state index contributed by atoms with van der Waals surface area (Å²) in [4.78, 5) is 9.19. The number of nitrogens with zero attached hydrogens (tertiary/aromatic N) is 4. The first-order chi connectivity index (χ1) is 16.2. The Morgan fingerprint density at radius 1 is 1.06 bits per heavy atom. The molecule has 5 rings (SSSR count). The van der Waals surface area contributed by atoms with E-state index in [2.05, 4.69) is 61.1 Å². The molecule has 0 atom stereocenters. The molecule has 0 bridgehead atoms. The molecule has 0 N–H and O–H groups in total. The fourth-order valence-electron chi connectivity index (χ4n) is 4.69. The largest absolute Gasteiger partial charge is 0.409 e. The third-order valence-electron chi connectivity index (χ3n) is 7.96. The highest BCUT2D eigenvalue weighted by Crippen LogP contribution is 2.43. The minimum absolute atomic E-state index is 0.168. The van der Waals surface area contributed by atoms with Crippen molar-refractivity contribution in [2.45, 2.75) is 82.9 Å². The number of aromatic nitrogens is 4. The van der Waals surface area contributed by atoms with Gasteiger partial charge in [-0.1, -0.05) is 20.8 Å². The minimum Gasteiger partial charge on any atom is -0.409 e. The summed E-state index contributed by atoms with van der Waals surface area (Å²) in [7, 11) is -1.83. The van der Waals surface area contributed by atoms with Gasteiger partial charge in [-0.05, 0) is 54.6 Å². The number of fused-ring (bicyclic) bond motifs is 1. The second-order valence-electron chi connectivity index (χ2n) is 11.2. The van der Waals surface area contributed by atoms with Crippen LogP contribution in [0.25, 0.3) is 16.6 Å². The Morgan fingerprint density at radius 3 is 2.38 bits per heavy atom. The van der Waals surface area contributed by atoms with E-state index in [1.807, 2.05) is 29.3 Å². The first kappa shape index (κ1) is 23.6. The molecule has 7 nitrogen and oxygen atoms in total. The maximum absolute atomic E-state index is 6.27. The lowest BCUT2D eigenvalue weighted by molar-refractivity contribution is -0.178. The summed E-state index contributed by atoms with van der Waals surface area (Å²) in [5, 5.41) is 4.78. The summed E-state index contributed by atoms with van der Waals surface area (Å²) in [5.74, 6) is 0.863. The van der Waals surface area contributed by atoms with E-state index in [1.54, 1.807) is 0 Å². The fourth-order valence-corrected chi connectivity index (χ4v) is 5.61. The Hall–Kier alpha value is -2.13. The zero-order chi connectivity index (χ0) is 24.0. The summed E-state index contributed by atoms with van der Waals surface area (Å²) in [6, 6.07) is 4.28. The van der Waals surface area contributed by atoms with E-state index in [9.17, 15) is 0 Å². The van der Waals surface area contributed by atoms with Gasteiger partial charge in [0.2, 0.25) is 0 Å². The first-order valence-corrected chi connectivity index (χ1v) is 15.3. The van der Waals surface area contributed by atoms with Crippen LogP contribution >= 0.6 is 0 Å². The van der Waals surface area contributed by atoms with E-state index in [1.165, 1.54) is 5.56 Å². The van der Waals surface area contributed by atoms with Crippen molar-refractivity contribution in [1.29, 1.82) is 0 Å². The van der Waals surface area contributed by atoms with Gasteiger partial charge in [-0.25, -0.2) is 14.5 Å². The number of hydrogen-bond donors (Lipinski definition) is 0. The van der Waals surface area contributed by atoms with Gasteiger partial charge in [0.25, 0.3) is 0 Å². The molecule has 2 aliphatic rings. The molecule has 0 aromatic carbocycles. The SMILES string of the molecule is CC(C)(C)[Si](C)(C)OCc1ncc(-c2ccn3ncc(C4CCC5(CC4)OCCO5)c3c2)cn1. The van der Waals surface area contributed by atoms with Gasteiger partial charge in [0, 0.05) is 42.6 Å². The van der Waals surface area contributed by atoms with Crippen molar-refractivity contribution in [3.8, 4) is 11.1 Å². The molecule has 3 aromatic rings. The molecule has 4 heterocycles. The Kier molecular flexibility index (Phi) is 6.12. The quantitative estimate of drug-likeness (QED) is 0.435. The van der Waals surface area contributed by atoms with E-state index in [0.717, 1.165) is 48.2 Å². The van der Waals surface area contributed by atoms with Crippen molar-refractivity contribution in [3.05, 3.63) is 48.3 Å². The monoisotopic (exact) mass is 480 g/mol. The van der Waals surface area contributed by atoms with E-state index < -0.39 is 8.32 Å². The maximum Gasteiger partial charge on any atom is 0.192 e. The molecular formula is C26H36N4O3Si. The van der Waals surface area contributed by atoms with Crippen LogP contribution < -0.4 is 0 Å². The topological polar surface area (TPSA) is 70.8 Å². The summed E-state index contributed by atoms with van der Waals surface area (Å²) >= 11 is 0. The van der Waals surface area contributed by atoms with Gasteiger partial charge in [0.15, 0.2) is 19.9 Å². The van der Waals surface area contributed by atoms with Crippen molar-refractivity contribution >= 4 is 13.8 Å². The highest BCUT2D eigenvalue weighted by molar-refractivity contribution is 6.74. The molecule has 8 heteroatoms. The predicted octanol–water partition coefficient (Wildman–Crippen LogP) is 5.71. The molecule has 0 unspecified atom stereocenters. The normalized spacial score (nSPS) is 19.3. The lowest BCUT2D eigenvalue weighted by Crippen LogP contribution is -2.40. The van der Waals surface area contributed by atoms with Crippen LogP contribution in [0, 0.1) is 0 Å². The standard InChI is InChI=1S/C26H36N4O3Si/c1-25(2,3)34(4,5)33-18-24-27-15-21(16-28-24)20-8-11-30-23(14-20)22(17-29-30)19-6-9-26(10-7-19)31-12-13-32-26/h8,11,14-17,19H,6-7,9-10,12-13,18H2,1-5H3. The second-order valence-corrected chi connectivity index (χ2v) is 16.0. The molecular weight excluding hydrogens is 444 g/mol. The van der Waals surface area contributed by atoms with Crippen LogP contribution in [0.5, 0.6) is 0 Å². The van der Waals surface area contributed by atoms with Crippen LogP contribution in [-0.2, 0) is 20.5 Å². The molecule has 0 amide bonds. The Balaban J connectivity index is 1.31. The smallest absolute Gasteiger partial charge is 0.192 e. The third-order valence-corrected chi connectivity index (χ3v) is 12.4. The van der Waals surface area contributed by atoms with Gasteiger partial charge in [-0.2, -0.15) is 5.10 Å². The van der Waals surface area contributed by atoms with Crippen LogP contribution in [0.2, 0.25) is 18.1 Å². The van der Waals surface area contributed by atoms with Crippen LogP contribution in [0.1, 0.15) is 63.8 Å². The van der Waals surface area contributed by atoms with Crippen molar-refractivity contribution in [3.63, 3.8) is 0 Å². The summed E-state index contributed by atoms with van der Waals surface area (Å²) < 4.78 is 20.1. The highest BCUT2D eigenvalue weighted by Gasteiger charge is 2.41. The van der Waals surface area contributed by atoms with Gasteiger partial charge < -0.3 is 13.9 Å². The molecule has 0 radical (unpaired) electrons. The third kappa shape index (κ3) is 4.56. The number of rotatable bonds is 5. The van der Waals surface area contributed by atoms with Gasteiger partial charge in [-0.15, -0.1) is 0 Å². The van der Waals surface area contributed by atoms with Crippen molar-refractivity contribution < 1.29 is 13.9 Å². The Morgan fingerprint density at radius 2 is 1.74 bits per heavy atom. The summed E-state index contributed by atoms with van der Waals surface area (Å²) in [6.45, 7) is 13.1. The fraction of sp³-hybridized carbons (Fsp3) is 0.577. The molecule has 182 valence electrons. The highest BCUT2D eigenvalue weighted by atomic mass is 28.4. The van der Waals surface area contributed by atoms with Crippen molar-refractivity contribution in [2.75, 3.05) is 13.2 Å². The van der Waals surface area contributed by atoms with Gasteiger partial charge >= 0.3 is 0 Å². The molecule has 1 spiro atoms. The minimum atomic E-state index is -1.83. The van der Waals surface area contributed by atoms with Gasteiger partial charge in [0.1, 0.15) is 0 Å². The molecule has 34 heavy (non-hydrogen) atoms. The van der Waals surface area contributed by atoms with Crippen LogP contribution in [0.4, 0.5) is 0 Å². The van der Waals surface area contributed by atoms with Crippen molar-refractivity contribution in [2.24, 2.45) is 0 Å². The Labute approximate surface area is 203 Å². The summed E-state index contributed by atoms with van der Waals surface area (Å²) in [5.41, 5.74) is 4.55. The van der Waals surface area contributed by atoms with E-state index in [4.69, 9.17) is 13.9 Å². The average molecular weight is 481 g/mol. The maximum atomic E-state index is 6.27. The first-order valence-electron chi connectivity index (χ1n) is 12.4. The van der Waals surface area contributed by atoms with E-state index in [0.29, 0.717) is 25.7 Å². The molecule has 1 aliphatic heterocycles. The van der Waals surface area contributed by atoms with E-state index >= 15 is 0 Å². The Bertz CT molecular complexity index is 1140. The van der Waals surface area contributed by atoms with Crippen molar-refractivity contribution in [1.82, 2.24) is 19.6 Å². The zero-order valence-electron chi connectivity index (χ0n) is 21.0. The number of hydrogen-bond acceptors (Lipinski definition) is 6. The summed E-state index contributed by atoms with van der Waals surface area (Å²) in [6.07, 6.45) is 11.8. The van der Waals surface area contributed by atoms with Crippen LogP contribution in [0.3, 0.4) is 0 Å². The molecule has 1 saturated heterocycles. The van der Waals surface area contributed by atoms with Crippen LogP contribution in [-0.4, -0.2) is 46.9 Å². The lowest BCUT2D eigenvalue weighted by Gasteiger charge is -2.35. The predicted molar refractivity (Wildman–Crippen MR) is 134 cm³/mol. The molecule has 2 fully saturated rings. The number of ether oxygens (including phenoxy) is 2. The molecule has 1 aliphatic carbocycles. The molecule has 3 aromatic heterocycles. The van der Waals surface area contributed by atoms with Gasteiger partial charge in [0.05, 0.1) is 31.5 Å². The number of pyridine rings is 1. The lowest BCUT2D eigenvalue weighted by atomic mass is 9.81.